The van der Waals surface area contributed by atoms with Crippen LogP contribution in [0.4, 0.5) is 5.69 Å². The van der Waals surface area contributed by atoms with Crippen LogP contribution in [0.1, 0.15) is 5.56 Å². The molecule has 0 atom stereocenters. The number of H-pyrrole nitrogens is 1. The summed E-state index contributed by atoms with van der Waals surface area (Å²) in [5.41, 5.74) is 5.29. The third-order valence-electron chi connectivity index (χ3n) is 3.58. The Balaban J connectivity index is 1.56. The summed E-state index contributed by atoms with van der Waals surface area (Å²) in [4.78, 5) is 11.8. The van der Waals surface area contributed by atoms with Gasteiger partial charge in [-0.3, -0.25) is 9.97 Å². The second kappa shape index (κ2) is 4.90. The first kappa shape index (κ1) is 11.9. The Hall–Kier alpha value is -2.88. The van der Waals surface area contributed by atoms with Gasteiger partial charge in [-0.15, -0.1) is 0 Å². The maximum atomic E-state index is 4.32. The van der Waals surface area contributed by atoms with Crippen molar-refractivity contribution in [1.82, 2.24) is 15.0 Å². The number of benzene rings is 2. The number of aromatic nitrogens is 3. The summed E-state index contributed by atoms with van der Waals surface area (Å²) in [5.74, 6) is 0. The molecule has 0 saturated heterocycles. The summed E-state index contributed by atoms with van der Waals surface area (Å²) in [5, 5.41) is 4.67. The van der Waals surface area contributed by atoms with E-state index in [1.807, 2.05) is 24.4 Å². The van der Waals surface area contributed by atoms with Crippen molar-refractivity contribution in [3.63, 3.8) is 0 Å². The van der Waals surface area contributed by atoms with Crippen LogP contribution in [-0.4, -0.2) is 15.0 Å². The van der Waals surface area contributed by atoms with Gasteiger partial charge in [0.2, 0.25) is 0 Å². The van der Waals surface area contributed by atoms with Crippen molar-refractivity contribution in [3.05, 3.63) is 66.6 Å². The van der Waals surface area contributed by atoms with Gasteiger partial charge in [-0.1, -0.05) is 6.07 Å². The number of aromatic amines is 1. The summed E-state index contributed by atoms with van der Waals surface area (Å²) in [6.45, 7) is 0.785. The van der Waals surface area contributed by atoms with Gasteiger partial charge in [0, 0.05) is 36.3 Å². The van der Waals surface area contributed by atoms with Crippen molar-refractivity contribution >= 4 is 27.6 Å². The molecular formula is C17H14N4. The minimum absolute atomic E-state index is 0.785. The number of anilines is 1. The number of hydrogen-bond acceptors (Lipinski definition) is 3. The molecule has 2 heterocycles. The fourth-order valence-electron chi connectivity index (χ4n) is 2.49. The van der Waals surface area contributed by atoms with Crippen molar-refractivity contribution in [2.24, 2.45) is 0 Å². The summed E-state index contributed by atoms with van der Waals surface area (Å²) in [6.07, 6.45) is 5.39. The maximum absolute atomic E-state index is 4.32. The highest BCUT2D eigenvalue weighted by Gasteiger charge is 2.00. The highest BCUT2D eigenvalue weighted by atomic mass is 14.9. The molecular weight excluding hydrogens is 260 g/mol. The van der Waals surface area contributed by atoms with E-state index in [1.165, 1.54) is 16.5 Å². The quantitative estimate of drug-likeness (QED) is 0.598. The van der Waals surface area contributed by atoms with Crippen molar-refractivity contribution < 1.29 is 0 Å². The van der Waals surface area contributed by atoms with Crippen LogP contribution in [0.2, 0.25) is 0 Å². The van der Waals surface area contributed by atoms with Crippen LogP contribution >= 0.6 is 0 Å². The molecule has 4 rings (SSSR count). The van der Waals surface area contributed by atoms with Crippen LogP contribution in [0.25, 0.3) is 21.9 Å². The van der Waals surface area contributed by atoms with Gasteiger partial charge < -0.3 is 10.3 Å². The molecule has 0 saturated carbocycles. The molecule has 0 aliphatic carbocycles. The van der Waals surface area contributed by atoms with E-state index in [2.05, 4.69) is 44.5 Å². The van der Waals surface area contributed by atoms with Crippen molar-refractivity contribution in [1.29, 1.82) is 0 Å². The van der Waals surface area contributed by atoms with Crippen LogP contribution in [0.15, 0.2) is 61.1 Å². The van der Waals surface area contributed by atoms with Crippen LogP contribution in [0.5, 0.6) is 0 Å². The molecule has 2 N–H and O–H groups in total. The number of nitrogens with zero attached hydrogens (tertiary/aromatic N) is 2. The molecule has 0 aliphatic heterocycles. The Morgan fingerprint density at radius 2 is 1.81 bits per heavy atom. The minimum Gasteiger partial charge on any atom is -0.381 e. The van der Waals surface area contributed by atoms with E-state index in [0.29, 0.717) is 0 Å². The van der Waals surface area contributed by atoms with E-state index in [1.54, 1.807) is 12.4 Å². The number of hydrogen-bond donors (Lipinski definition) is 2. The lowest BCUT2D eigenvalue weighted by Crippen LogP contribution is -1.99. The monoisotopic (exact) mass is 274 g/mol. The summed E-state index contributed by atoms with van der Waals surface area (Å²) < 4.78 is 0. The van der Waals surface area contributed by atoms with E-state index in [9.17, 15) is 0 Å². The highest BCUT2D eigenvalue weighted by molar-refractivity contribution is 5.80. The highest BCUT2D eigenvalue weighted by Crippen LogP contribution is 2.18. The molecule has 4 heteroatoms. The third-order valence-corrected chi connectivity index (χ3v) is 3.58. The van der Waals surface area contributed by atoms with Gasteiger partial charge in [0.15, 0.2) is 0 Å². The van der Waals surface area contributed by atoms with E-state index in [4.69, 9.17) is 0 Å². The number of fused-ring (bicyclic) bond motifs is 2. The summed E-state index contributed by atoms with van der Waals surface area (Å²) in [6, 6.07) is 14.6. The molecule has 4 aromatic rings. The molecule has 102 valence electrons. The largest absolute Gasteiger partial charge is 0.381 e. The molecule has 2 aromatic heterocycles. The van der Waals surface area contributed by atoms with Crippen LogP contribution < -0.4 is 5.32 Å². The molecule has 0 spiro atoms. The van der Waals surface area contributed by atoms with Gasteiger partial charge in [-0.2, -0.15) is 0 Å². The lowest BCUT2D eigenvalue weighted by Gasteiger charge is -2.07. The molecule has 4 nitrogen and oxygen atoms in total. The first-order valence-electron chi connectivity index (χ1n) is 6.89. The van der Waals surface area contributed by atoms with Crippen LogP contribution in [0.3, 0.4) is 0 Å². The second-order valence-corrected chi connectivity index (χ2v) is 5.01. The number of nitrogens with one attached hydrogen (secondary N) is 2. The Morgan fingerprint density at radius 3 is 2.76 bits per heavy atom. The van der Waals surface area contributed by atoms with Gasteiger partial charge >= 0.3 is 0 Å². The van der Waals surface area contributed by atoms with E-state index in [0.717, 1.165) is 23.3 Å². The van der Waals surface area contributed by atoms with E-state index >= 15 is 0 Å². The average Bonchev–Trinajstić information content (AvgIpc) is 3.00. The molecule has 0 bridgehead atoms. The number of rotatable bonds is 3. The van der Waals surface area contributed by atoms with Crippen LogP contribution in [-0.2, 0) is 6.54 Å². The lowest BCUT2D eigenvalue weighted by molar-refractivity contribution is 1.15. The molecule has 0 fully saturated rings. The summed E-state index contributed by atoms with van der Waals surface area (Å²) in [7, 11) is 0. The van der Waals surface area contributed by atoms with Gasteiger partial charge in [0.25, 0.3) is 0 Å². The molecule has 2 aromatic carbocycles. The van der Waals surface area contributed by atoms with Gasteiger partial charge in [-0.05, 0) is 47.3 Å². The topological polar surface area (TPSA) is 53.6 Å². The maximum Gasteiger partial charge on any atom is 0.0907 e. The SMILES string of the molecule is c1cnc2cc(NCc3ccc4[nH]ccc4c3)ccc2n1. The zero-order valence-electron chi connectivity index (χ0n) is 11.4. The molecule has 0 radical (unpaired) electrons. The Morgan fingerprint density at radius 1 is 0.905 bits per heavy atom. The minimum atomic E-state index is 0.785. The Kier molecular flexibility index (Phi) is 2.78. The van der Waals surface area contributed by atoms with E-state index in [-0.39, 0.29) is 0 Å². The van der Waals surface area contributed by atoms with Crippen molar-refractivity contribution in [3.8, 4) is 0 Å². The average molecular weight is 274 g/mol. The van der Waals surface area contributed by atoms with Gasteiger partial charge in [-0.25, -0.2) is 0 Å². The zero-order valence-corrected chi connectivity index (χ0v) is 11.4. The normalized spacial score (nSPS) is 11.0. The van der Waals surface area contributed by atoms with E-state index < -0.39 is 0 Å². The predicted molar refractivity (Wildman–Crippen MR) is 85.2 cm³/mol. The van der Waals surface area contributed by atoms with Crippen molar-refractivity contribution in [2.45, 2.75) is 6.54 Å². The summed E-state index contributed by atoms with van der Waals surface area (Å²) >= 11 is 0. The molecule has 0 amide bonds. The molecule has 21 heavy (non-hydrogen) atoms. The smallest absolute Gasteiger partial charge is 0.0907 e. The predicted octanol–water partition coefficient (Wildman–Crippen LogP) is 3.72. The lowest BCUT2D eigenvalue weighted by atomic mass is 10.1. The van der Waals surface area contributed by atoms with Crippen LogP contribution in [0, 0.1) is 0 Å². The third kappa shape index (κ3) is 2.31. The van der Waals surface area contributed by atoms with Gasteiger partial charge in [0.1, 0.15) is 0 Å². The van der Waals surface area contributed by atoms with Gasteiger partial charge in [0.05, 0.1) is 11.0 Å². The Labute approximate surface area is 121 Å². The fraction of sp³-hybridized carbons (Fsp3) is 0.0588. The Bertz CT molecular complexity index is 911. The molecule has 0 unspecified atom stereocenters. The zero-order chi connectivity index (χ0) is 14.1. The van der Waals surface area contributed by atoms with Crippen molar-refractivity contribution in [2.75, 3.05) is 5.32 Å². The first-order valence-corrected chi connectivity index (χ1v) is 6.89. The molecule has 0 aliphatic rings. The second-order valence-electron chi connectivity index (χ2n) is 5.01. The first-order chi connectivity index (χ1) is 10.4. The fourth-order valence-corrected chi connectivity index (χ4v) is 2.49. The standard InChI is InChI=1S/C17H14N4/c1-3-15-13(5-6-18-15)9-12(1)11-21-14-2-4-16-17(10-14)20-8-7-19-16/h1-10,18,21H,11H2.